The number of nitrogens with zero attached hydrogens (tertiary/aromatic N) is 1. The second-order valence-electron chi connectivity index (χ2n) is 6.27. The number of carbonyl (C=O) groups is 1. The third-order valence-corrected chi connectivity index (χ3v) is 4.53. The Morgan fingerprint density at radius 1 is 1.40 bits per heavy atom. The number of carboxylic acids is 1. The number of rotatable bonds is 4. The minimum absolute atomic E-state index is 0.328. The molecular weight excluding hydrogens is 250 g/mol. The number of hydrogen-bond donors (Lipinski definition) is 1. The average Bonchev–Trinajstić information content (AvgIpc) is 2.42. The number of aryl methyl sites for hydroxylation is 1. The van der Waals surface area contributed by atoms with Crippen molar-refractivity contribution >= 4 is 5.97 Å². The van der Waals surface area contributed by atoms with Crippen LogP contribution in [0, 0.1) is 12.3 Å². The van der Waals surface area contributed by atoms with Crippen LogP contribution in [-0.2, 0) is 4.79 Å². The van der Waals surface area contributed by atoms with Gasteiger partial charge in [-0.3, -0.25) is 9.69 Å². The van der Waals surface area contributed by atoms with E-state index < -0.39 is 11.4 Å². The Hall–Kier alpha value is -1.35. The summed E-state index contributed by atoms with van der Waals surface area (Å²) < 4.78 is 0. The van der Waals surface area contributed by atoms with Crippen LogP contribution < -0.4 is 0 Å². The van der Waals surface area contributed by atoms with Gasteiger partial charge >= 0.3 is 5.97 Å². The minimum Gasteiger partial charge on any atom is -0.481 e. The molecule has 3 heteroatoms. The van der Waals surface area contributed by atoms with E-state index >= 15 is 0 Å². The van der Waals surface area contributed by atoms with E-state index in [1.54, 1.807) is 0 Å². The fraction of sp³-hybridized carbons (Fsp3) is 0.588. The number of benzene rings is 1. The summed E-state index contributed by atoms with van der Waals surface area (Å²) in [5.41, 5.74) is 1.96. The van der Waals surface area contributed by atoms with Crippen LogP contribution in [0.25, 0.3) is 0 Å². The van der Waals surface area contributed by atoms with Crippen LogP contribution in [0.15, 0.2) is 24.3 Å². The smallest absolute Gasteiger partial charge is 0.310 e. The average molecular weight is 275 g/mol. The molecule has 2 unspecified atom stereocenters. The summed E-state index contributed by atoms with van der Waals surface area (Å²) in [5, 5.41) is 9.45. The molecule has 1 saturated heterocycles. The van der Waals surface area contributed by atoms with E-state index in [1.807, 2.05) is 6.92 Å². The lowest BCUT2D eigenvalue weighted by atomic mass is 9.81. The number of piperidine rings is 1. The van der Waals surface area contributed by atoms with Gasteiger partial charge in [0.05, 0.1) is 5.41 Å². The minimum atomic E-state index is -0.666. The molecule has 2 atom stereocenters. The molecule has 1 N–H and O–H groups in total. The molecule has 1 aliphatic rings. The molecule has 0 aliphatic carbocycles. The summed E-state index contributed by atoms with van der Waals surface area (Å²) in [4.78, 5) is 13.8. The van der Waals surface area contributed by atoms with Crippen molar-refractivity contribution in [2.45, 2.75) is 46.1 Å². The second kappa shape index (κ2) is 5.96. The summed E-state index contributed by atoms with van der Waals surface area (Å²) >= 11 is 0. The maximum absolute atomic E-state index is 11.5. The van der Waals surface area contributed by atoms with E-state index in [2.05, 4.69) is 43.0 Å². The van der Waals surface area contributed by atoms with Crippen molar-refractivity contribution in [3.8, 4) is 0 Å². The number of carboxylic acid groups (broad SMARTS) is 1. The molecule has 0 bridgehead atoms. The Bertz CT molecular complexity index is 468. The van der Waals surface area contributed by atoms with Crippen molar-refractivity contribution in [3.05, 3.63) is 35.4 Å². The molecule has 3 nitrogen and oxygen atoms in total. The molecule has 1 aromatic carbocycles. The highest BCUT2D eigenvalue weighted by atomic mass is 16.4. The maximum atomic E-state index is 11.5. The van der Waals surface area contributed by atoms with Gasteiger partial charge in [0.1, 0.15) is 0 Å². The van der Waals surface area contributed by atoms with Gasteiger partial charge in [0.2, 0.25) is 0 Å². The zero-order valence-electron chi connectivity index (χ0n) is 12.7. The topological polar surface area (TPSA) is 40.5 Å². The van der Waals surface area contributed by atoms with Crippen LogP contribution in [0.3, 0.4) is 0 Å². The van der Waals surface area contributed by atoms with Gasteiger partial charge < -0.3 is 5.11 Å². The highest BCUT2D eigenvalue weighted by molar-refractivity contribution is 5.74. The molecule has 20 heavy (non-hydrogen) atoms. The molecule has 0 radical (unpaired) electrons. The Morgan fingerprint density at radius 3 is 2.60 bits per heavy atom. The van der Waals surface area contributed by atoms with Gasteiger partial charge in [-0.25, -0.2) is 0 Å². The summed E-state index contributed by atoms with van der Waals surface area (Å²) in [6, 6.07) is 8.96. The Morgan fingerprint density at radius 2 is 2.05 bits per heavy atom. The Balaban J connectivity index is 2.19. The van der Waals surface area contributed by atoms with Crippen LogP contribution in [0.5, 0.6) is 0 Å². The quantitative estimate of drug-likeness (QED) is 0.912. The molecule has 0 aromatic heterocycles. The number of hydrogen-bond acceptors (Lipinski definition) is 2. The van der Waals surface area contributed by atoms with Crippen LogP contribution in [0.1, 0.15) is 50.3 Å². The van der Waals surface area contributed by atoms with Crippen molar-refractivity contribution in [1.29, 1.82) is 0 Å². The van der Waals surface area contributed by atoms with E-state index in [0.717, 1.165) is 25.8 Å². The van der Waals surface area contributed by atoms with E-state index in [-0.39, 0.29) is 0 Å². The maximum Gasteiger partial charge on any atom is 0.310 e. The molecule has 1 aliphatic heterocycles. The highest BCUT2D eigenvalue weighted by Crippen LogP contribution is 2.35. The highest BCUT2D eigenvalue weighted by Gasteiger charge is 2.39. The third kappa shape index (κ3) is 3.04. The van der Waals surface area contributed by atoms with Gasteiger partial charge in [-0.15, -0.1) is 0 Å². The molecule has 0 amide bonds. The normalized spacial score (nSPS) is 25.4. The fourth-order valence-corrected chi connectivity index (χ4v) is 3.21. The first-order valence-electron chi connectivity index (χ1n) is 7.50. The van der Waals surface area contributed by atoms with Crippen molar-refractivity contribution in [2.24, 2.45) is 5.41 Å². The van der Waals surface area contributed by atoms with Crippen molar-refractivity contribution in [1.82, 2.24) is 4.90 Å². The molecule has 1 heterocycles. The van der Waals surface area contributed by atoms with Crippen LogP contribution in [0.2, 0.25) is 0 Å². The standard InChI is InChI=1S/C17H25NO2/c1-4-15(14-8-6-13(2)7-9-14)18-11-5-10-17(3,12-18)16(19)20/h6-9,15H,4-5,10-12H2,1-3H3,(H,19,20). The summed E-state index contributed by atoms with van der Waals surface area (Å²) in [6.07, 6.45) is 2.76. The monoisotopic (exact) mass is 275 g/mol. The van der Waals surface area contributed by atoms with Gasteiger partial charge in [-0.05, 0) is 45.2 Å². The van der Waals surface area contributed by atoms with E-state index in [1.165, 1.54) is 11.1 Å². The van der Waals surface area contributed by atoms with Gasteiger partial charge in [0.15, 0.2) is 0 Å². The second-order valence-corrected chi connectivity index (χ2v) is 6.27. The molecule has 2 rings (SSSR count). The van der Waals surface area contributed by atoms with Crippen molar-refractivity contribution < 1.29 is 9.90 Å². The summed E-state index contributed by atoms with van der Waals surface area (Å²) in [5.74, 6) is -0.666. The van der Waals surface area contributed by atoms with E-state index in [9.17, 15) is 9.90 Å². The third-order valence-electron chi connectivity index (χ3n) is 4.53. The summed E-state index contributed by atoms with van der Waals surface area (Å²) in [7, 11) is 0. The van der Waals surface area contributed by atoms with Gasteiger partial charge in [0.25, 0.3) is 0 Å². The lowest BCUT2D eigenvalue weighted by Crippen LogP contribution is -2.47. The van der Waals surface area contributed by atoms with Crippen molar-refractivity contribution in [2.75, 3.05) is 13.1 Å². The lowest BCUT2D eigenvalue weighted by Gasteiger charge is -2.41. The zero-order chi connectivity index (χ0) is 14.8. The predicted molar refractivity (Wildman–Crippen MR) is 80.8 cm³/mol. The van der Waals surface area contributed by atoms with Crippen LogP contribution >= 0.6 is 0 Å². The number of aliphatic carboxylic acids is 1. The predicted octanol–water partition coefficient (Wildman–Crippen LogP) is 3.63. The molecular formula is C17H25NO2. The summed E-state index contributed by atoms with van der Waals surface area (Å²) in [6.45, 7) is 7.79. The SMILES string of the molecule is CCC(c1ccc(C)cc1)N1CCCC(C)(C(=O)O)C1. The molecule has 110 valence electrons. The van der Waals surface area contributed by atoms with Gasteiger partial charge in [-0.2, -0.15) is 0 Å². The zero-order valence-corrected chi connectivity index (χ0v) is 12.7. The Kier molecular flexibility index (Phi) is 4.48. The largest absolute Gasteiger partial charge is 0.481 e. The first-order chi connectivity index (χ1) is 9.46. The first kappa shape index (κ1) is 15.0. The van der Waals surface area contributed by atoms with E-state index in [0.29, 0.717) is 12.6 Å². The molecule has 1 fully saturated rings. The Labute approximate surface area is 121 Å². The first-order valence-corrected chi connectivity index (χ1v) is 7.50. The van der Waals surface area contributed by atoms with Gasteiger partial charge in [-0.1, -0.05) is 36.8 Å². The fourth-order valence-electron chi connectivity index (χ4n) is 3.21. The molecule has 0 spiro atoms. The van der Waals surface area contributed by atoms with Gasteiger partial charge in [0, 0.05) is 12.6 Å². The van der Waals surface area contributed by atoms with Crippen LogP contribution in [-0.4, -0.2) is 29.1 Å². The molecule has 1 aromatic rings. The van der Waals surface area contributed by atoms with E-state index in [4.69, 9.17) is 0 Å². The van der Waals surface area contributed by atoms with Crippen LogP contribution in [0.4, 0.5) is 0 Å². The lowest BCUT2D eigenvalue weighted by molar-refractivity contribution is -0.151. The van der Waals surface area contributed by atoms with Crippen molar-refractivity contribution in [3.63, 3.8) is 0 Å². The number of likely N-dealkylation sites (tertiary alicyclic amines) is 1. The molecule has 0 saturated carbocycles.